The lowest BCUT2D eigenvalue weighted by Crippen LogP contribution is -2.34. The number of aromatic nitrogens is 5. The maximum absolute atomic E-state index is 13.2. The van der Waals surface area contributed by atoms with Crippen molar-refractivity contribution >= 4 is 40.8 Å². The first kappa shape index (κ1) is 26.1. The van der Waals surface area contributed by atoms with E-state index in [9.17, 15) is 14.4 Å². The minimum atomic E-state index is -1.07. The van der Waals surface area contributed by atoms with Gasteiger partial charge in [-0.05, 0) is 54.8 Å². The molecule has 10 nitrogen and oxygen atoms in total. The van der Waals surface area contributed by atoms with Gasteiger partial charge in [-0.25, -0.2) is 14.5 Å². The fourth-order valence-corrected chi connectivity index (χ4v) is 4.08. The number of halogens is 2. The van der Waals surface area contributed by atoms with Crippen LogP contribution in [-0.2, 0) is 4.79 Å². The van der Waals surface area contributed by atoms with Crippen molar-refractivity contribution in [2.45, 2.75) is 26.3 Å². The number of nitrogens with one attached hydrogen (secondary N) is 1. The van der Waals surface area contributed by atoms with E-state index < -0.39 is 23.5 Å². The summed E-state index contributed by atoms with van der Waals surface area (Å²) < 4.78 is 2.73. The summed E-state index contributed by atoms with van der Waals surface area (Å²) in [6, 6.07) is 11.3. The summed E-state index contributed by atoms with van der Waals surface area (Å²) >= 11 is 12.1. The Balaban J connectivity index is 1.67. The summed E-state index contributed by atoms with van der Waals surface area (Å²) in [5.41, 5.74) is 1.50. The van der Waals surface area contributed by atoms with Crippen molar-refractivity contribution in [3.63, 3.8) is 0 Å². The van der Waals surface area contributed by atoms with E-state index in [1.54, 1.807) is 18.2 Å². The zero-order valence-corrected chi connectivity index (χ0v) is 21.3. The lowest BCUT2D eigenvalue weighted by molar-refractivity contribution is -0.119. The van der Waals surface area contributed by atoms with E-state index in [0.29, 0.717) is 34.1 Å². The van der Waals surface area contributed by atoms with E-state index in [4.69, 9.17) is 28.3 Å². The maximum Gasteiger partial charge on any atom is 0.335 e. The molecule has 0 aliphatic heterocycles. The Kier molecular flexibility index (Phi) is 7.70. The average molecular weight is 541 g/mol. The van der Waals surface area contributed by atoms with Gasteiger partial charge in [-0.15, -0.1) is 5.10 Å². The van der Waals surface area contributed by atoms with Crippen LogP contribution >= 0.6 is 23.2 Å². The standard InChI is InChI=1S/C25H22Cl2N6O4/c1-14(2)9-21(24(35)29-17-6-3-15(4-7-17)25(36)37)32-13-28-19(11-23(32)34)18-10-16(26)5-8-20(18)33-12-22(27)30-31-33/h3-8,10-14,21H,9H2,1-2H3,(H,29,35)(H,36,37). The van der Waals surface area contributed by atoms with Crippen LogP contribution in [0.4, 0.5) is 5.69 Å². The van der Waals surface area contributed by atoms with E-state index in [-0.39, 0.29) is 16.6 Å². The fraction of sp³-hybridized carbons (Fsp3) is 0.200. The second-order valence-corrected chi connectivity index (χ2v) is 9.51. The third kappa shape index (κ3) is 6.04. The SMILES string of the molecule is CC(C)CC(C(=O)Nc1ccc(C(=O)O)cc1)n1cnc(-c2cc(Cl)ccc2-n2cc(Cl)nn2)cc1=O. The highest BCUT2D eigenvalue weighted by Crippen LogP contribution is 2.28. The van der Waals surface area contributed by atoms with Gasteiger partial charge in [-0.2, -0.15) is 0 Å². The molecule has 12 heteroatoms. The summed E-state index contributed by atoms with van der Waals surface area (Å²) in [5, 5.41) is 20.2. The van der Waals surface area contributed by atoms with Crippen LogP contribution in [0.5, 0.6) is 0 Å². The molecular formula is C25H22Cl2N6O4. The Hall–Kier alpha value is -4.02. The monoisotopic (exact) mass is 540 g/mol. The number of rotatable bonds is 8. The van der Waals surface area contributed by atoms with Crippen molar-refractivity contribution in [1.82, 2.24) is 24.5 Å². The molecule has 0 fully saturated rings. The maximum atomic E-state index is 13.2. The van der Waals surface area contributed by atoms with Crippen molar-refractivity contribution in [1.29, 1.82) is 0 Å². The van der Waals surface area contributed by atoms with Crippen LogP contribution in [0.3, 0.4) is 0 Å². The van der Waals surface area contributed by atoms with Gasteiger partial charge in [0.25, 0.3) is 5.56 Å². The van der Waals surface area contributed by atoms with Crippen LogP contribution in [0.2, 0.25) is 10.2 Å². The summed E-state index contributed by atoms with van der Waals surface area (Å²) in [6.45, 7) is 3.88. The Morgan fingerprint density at radius 1 is 1.08 bits per heavy atom. The second kappa shape index (κ2) is 10.9. The Morgan fingerprint density at radius 2 is 1.81 bits per heavy atom. The van der Waals surface area contributed by atoms with Gasteiger partial charge in [0.2, 0.25) is 5.91 Å². The minimum absolute atomic E-state index is 0.0910. The number of anilines is 1. The minimum Gasteiger partial charge on any atom is -0.478 e. The zero-order chi connectivity index (χ0) is 26.7. The number of nitrogens with zero attached hydrogens (tertiary/aromatic N) is 5. The lowest BCUT2D eigenvalue weighted by atomic mass is 10.0. The molecule has 0 saturated heterocycles. The Morgan fingerprint density at radius 3 is 2.41 bits per heavy atom. The van der Waals surface area contributed by atoms with Gasteiger partial charge in [0, 0.05) is 22.3 Å². The van der Waals surface area contributed by atoms with Crippen molar-refractivity contribution in [2.24, 2.45) is 5.92 Å². The van der Waals surface area contributed by atoms with Crippen LogP contribution in [0.1, 0.15) is 36.7 Å². The first-order valence-corrected chi connectivity index (χ1v) is 12.0. The Bertz CT molecular complexity index is 1510. The number of hydrogen-bond donors (Lipinski definition) is 2. The lowest BCUT2D eigenvalue weighted by Gasteiger charge is -2.21. The molecule has 0 bridgehead atoms. The van der Waals surface area contributed by atoms with Gasteiger partial charge in [-0.1, -0.05) is 42.3 Å². The number of hydrogen-bond acceptors (Lipinski definition) is 6. The molecule has 1 amide bonds. The number of carboxylic acids is 1. The quantitative estimate of drug-likeness (QED) is 0.330. The molecule has 0 spiro atoms. The molecule has 2 aromatic carbocycles. The molecule has 0 aliphatic carbocycles. The Labute approximate surface area is 221 Å². The van der Waals surface area contributed by atoms with Crippen LogP contribution < -0.4 is 10.9 Å². The summed E-state index contributed by atoms with van der Waals surface area (Å²) in [7, 11) is 0. The fourth-order valence-electron chi connectivity index (χ4n) is 3.78. The third-order valence-electron chi connectivity index (χ3n) is 5.52. The number of carbonyl (C=O) groups excluding carboxylic acids is 1. The number of amides is 1. The highest BCUT2D eigenvalue weighted by molar-refractivity contribution is 6.31. The van der Waals surface area contributed by atoms with Gasteiger partial charge in [0.15, 0.2) is 5.15 Å². The van der Waals surface area contributed by atoms with E-state index in [1.165, 1.54) is 52.1 Å². The predicted octanol–water partition coefficient (Wildman–Crippen LogP) is 4.72. The summed E-state index contributed by atoms with van der Waals surface area (Å²) in [5.74, 6) is -1.40. The molecular weight excluding hydrogens is 519 g/mol. The first-order chi connectivity index (χ1) is 17.6. The van der Waals surface area contributed by atoms with E-state index in [1.807, 2.05) is 13.8 Å². The van der Waals surface area contributed by atoms with Gasteiger partial charge >= 0.3 is 5.97 Å². The predicted molar refractivity (Wildman–Crippen MR) is 139 cm³/mol. The second-order valence-electron chi connectivity index (χ2n) is 8.68. The van der Waals surface area contributed by atoms with Gasteiger partial charge < -0.3 is 10.4 Å². The third-order valence-corrected chi connectivity index (χ3v) is 5.92. The topological polar surface area (TPSA) is 132 Å². The molecule has 4 rings (SSSR count). The summed E-state index contributed by atoms with van der Waals surface area (Å²) in [6.07, 6.45) is 3.22. The smallest absolute Gasteiger partial charge is 0.335 e. The number of carbonyl (C=O) groups is 2. The zero-order valence-electron chi connectivity index (χ0n) is 19.8. The van der Waals surface area contributed by atoms with Crippen molar-refractivity contribution in [2.75, 3.05) is 5.32 Å². The van der Waals surface area contributed by atoms with Gasteiger partial charge in [0.1, 0.15) is 6.04 Å². The van der Waals surface area contributed by atoms with E-state index in [2.05, 4.69) is 20.6 Å². The number of aromatic carboxylic acids is 1. The molecule has 0 saturated carbocycles. The van der Waals surface area contributed by atoms with Crippen LogP contribution in [-0.4, -0.2) is 41.5 Å². The molecule has 37 heavy (non-hydrogen) atoms. The average Bonchev–Trinajstić information content (AvgIpc) is 3.28. The molecule has 2 heterocycles. The number of carboxylic acid groups (broad SMARTS) is 1. The van der Waals surface area contributed by atoms with Crippen LogP contribution in [0.25, 0.3) is 16.9 Å². The van der Waals surface area contributed by atoms with Crippen LogP contribution in [0, 0.1) is 5.92 Å². The molecule has 4 aromatic rings. The molecule has 0 aliphatic rings. The summed E-state index contributed by atoms with van der Waals surface area (Å²) in [4.78, 5) is 42.0. The highest BCUT2D eigenvalue weighted by Gasteiger charge is 2.24. The van der Waals surface area contributed by atoms with E-state index >= 15 is 0 Å². The highest BCUT2D eigenvalue weighted by atomic mass is 35.5. The van der Waals surface area contributed by atoms with Crippen molar-refractivity contribution in [3.8, 4) is 16.9 Å². The van der Waals surface area contributed by atoms with Crippen molar-refractivity contribution < 1.29 is 14.7 Å². The van der Waals surface area contributed by atoms with Crippen LogP contribution in [0.15, 0.2) is 65.8 Å². The molecule has 1 unspecified atom stereocenters. The molecule has 190 valence electrons. The molecule has 2 aromatic heterocycles. The molecule has 1 atom stereocenters. The molecule has 0 radical (unpaired) electrons. The van der Waals surface area contributed by atoms with Gasteiger partial charge in [0.05, 0.1) is 29.5 Å². The van der Waals surface area contributed by atoms with Gasteiger partial charge in [-0.3, -0.25) is 14.2 Å². The van der Waals surface area contributed by atoms with Crippen molar-refractivity contribution in [3.05, 3.63) is 87.1 Å². The molecule has 2 N–H and O–H groups in total. The number of benzene rings is 2. The van der Waals surface area contributed by atoms with E-state index in [0.717, 1.165) is 0 Å². The first-order valence-electron chi connectivity index (χ1n) is 11.2. The normalized spacial score (nSPS) is 11.9. The largest absolute Gasteiger partial charge is 0.478 e.